The van der Waals surface area contributed by atoms with E-state index in [0.29, 0.717) is 16.3 Å². The molecule has 0 saturated carbocycles. The quantitative estimate of drug-likeness (QED) is 0.187. The summed E-state index contributed by atoms with van der Waals surface area (Å²) in [6.07, 6.45) is 1.21. The third-order valence-electron chi connectivity index (χ3n) is 4.58. The number of nitro groups is 1. The zero-order valence-corrected chi connectivity index (χ0v) is 18.1. The lowest BCUT2D eigenvalue weighted by Crippen LogP contribution is -2.21. The lowest BCUT2D eigenvalue weighted by molar-refractivity contribution is -0.384. The Bertz CT molecular complexity index is 1220. The van der Waals surface area contributed by atoms with E-state index in [1.54, 1.807) is 41.6 Å². The molecule has 0 spiro atoms. The maximum absolute atomic E-state index is 10.9. The number of azo groups is 1. The molecular weight excluding hydrogens is 450 g/mol. The number of nitrogens with zero attached hydrogens (tertiary/aromatic N) is 5. The maximum atomic E-state index is 10.9. The van der Waals surface area contributed by atoms with E-state index in [1.807, 2.05) is 30.3 Å². The van der Waals surface area contributed by atoms with Crippen LogP contribution in [0.15, 0.2) is 88.1 Å². The Morgan fingerprint density at radius 3 is 2.72 bits per heavy atom. The fourth-order valence-electron chi connectivity index (χ4n) is 3.01. The van der Waals surface area contributed by atoms with Crippen molar-refractivity contribution in [1.82, 2.24) is 5.01 Å². The molecule has 0 aliphatic carbocycles. The molecular formula is C22H16ClN5O3S. The minimum Gasteiger partial charge on any atom is -0.487 e. The van der Waals surface area contributed by atoms with Crippen LogP contribution in [0.5, 0.6) is 5.75 Å². The molecule has 160 valence electrons. The SMILES string of the molecule is O=[N+]([O-])c1cccc(COc2ccc(C=NN3C(=S)N=NC3c3ccccc3)cc2Cl)c1. The average Bonchev–Trinajstić information content (AvgIpc) is 3.18. The van der Waals surface area contributed by atoms with Crippen LogP contribution in [0.1, 0.15) is 22.9 Å². The standard InChI is InChI=1S/C22H16ClN5O3S/c23-19-12-15(9-10-20(19)31-14-16-5-4-8-18(11-16)28(29)30)13-24-27-21(25-26-22(27)32)17-6-2-1-3-7-17/h1-13,21H,14H2. The molecule has 3 aromatic rings. The van der Waals surface area contributed by atoms with Crippen molar-refractivity contribution in [2.24, 2.45) is 15.3 Å². The minimum atomic E-state index is -0.445. The molecule has 8 nitrogen and oxygen atoms in total. The monoisotopic (exact) mass is 465 g/mol. The number of benzene rings is 3. The number of hydrazone groups is 1. The van der Waals surface area contributed by atoms with Gasteiger partial charge >= 0.3 is 0 Å². The van der Waals surface area contributed by atoms with Crippen LogP contribution >= 0.6 is 23.8 Å². The van der Waals surface area contributed by atoms with Crippen LogP contribution in [-0.4, -0.2) is 21.3 Å². The van der Waals surface area contributed by atoms with Crippen molar-refractivity contribution in [2.75, 3.05) is 0 Å². The van der Waals surface area contributed by atoms with Crippen molar-refractivity contribution in [2.45, 2.75) is 12.8 Å². The summed E-state index contributed by atoms with van der Waals surface area (Å²) in [4.78, 5) is 10.5. The summed E-state index contributed by atoms with van der Waals surface area (Å²) in [5, 5.41) is 25.7. The van der Waals surface area contributed by atoms with E-state index in [4.69, 9.17) is 28.6 Å². The van der Waals surface area contributed by atoms with E-state index >= 15 is 0 Å². The minimum absolute atomic E-state index is 0.0101. The van der Waals surface area contributed by atoms with Crippen molar-refractivity contribution < 1.29 is 9.66 Å². The van der Waals surface area contributed by atoms with E-state index in [2.05, 4.69) is 15.3 Å². The topological polar surface area (TPSA) is 92.7 Å². The number of hydrogen-bond acceptors (Lipinski definition) is 6. The third-order valence-corrected chi connectivity index (χ3v) is 5.14. The molecule has 32 heavy (non-hydrogen) atoms. The maximum Gasteiger partial charge on any atom is 0.269 e. The van der Waals surface area contributed by atoms with Crippen molar-refractivity contribution in [3.05, 3.63) is 105 Å². The van der Waals surface area contributed by atoms with Gasteiger partial charge in [0.15, 0.2) is 6.17 Å². The number of hydrogen-bond donors (Lipinski definition) is 0. The number of nitro benzene ring substituents is 1. The van der Waals surface area contributed by atoms with Crippen LogP contribution in [0.3, 0.4) is 0 Å². The highest BCUT2D eigenvalue weighted by atomic mass is 35.5. The summed E-state index contributed by atoms with van der Waals surface area (Å²) in [6, 6.07) is 21.1. The van der Waals surface area contributed by atoms with Gasteiger partial charge in [-0.25, -0.2) is 5.01 Å². The molecule has 1 aliphatic rings. The van der Waals surface area contributed by atoms with Crippen LogP contribution in [-0.2, 0) is 6.61 Å². The lowest BCUT2D eigenvalue weighted by atomic mass is 10.2. The highest BCUT2D eigenvalue weighted by Crippen LogP contribution is 2.30. The Balaban J connectivity index is 1.44. The summed E-state index contributed by atoms with van der Waals surface area (Å²) in [5.74, 6) is 0.458. The highest BCUT2D eigenvalue weighted by Gasteiger charge is 2.27. The van der Waals surface area contributed by atoms with Crippen LogP contribution < -0.4 is 4.74 Å². The molecule has 1 atom stereocenters. The molecule has 1 unspecified atom stereocenters. The van der Waals surface area contributed by atoms with E-state index in [9.17, 15) is 10.1 Å². The molecule has 10 heteroatoms. The largest absolute Gasteiger partial charge is 0.487 e. The second kappa shape index (κ2) is 9.63. The Morgan fingerprint density at radius 2 is 1.97 bits per heavy atom. The Kier molecular flexibility index (Phi) is 6.48. The van der Waals surface area contributed by atoms with E-state index < -0.39 is 11.1 Å². The van der Waals surface area contributed by atoms with Crippen LogP contribution in [0.25, 0.3) is 0 Å². The van der Waals surface area contributed by atoms with Gasteiger partial charge in [0.2, 0.25) is 5.11 Å². The first-order chi connectivity index (χ1) is 15.5. The van der Waals surface area contributed by atoms with Crippen LogP contribution in [0.2, 0.25) is 5.02 Å². The molecule has 0 bridgehead atoms. The molecule has 0 saturated heterocycles. The molecule has 1 aliphatic heterocycles. The molecule has 0 fully saturated rings. The Hall–Kier alpha value is -3.69. The van der Waals surface area contributed by atoms with Crippen LogP contribution in [0.4, 0.5) is 5.69 Å². The summed E-state index contributed by atoms with van der Waals surface area (Å²) in [7, 11) is 0. The van der Waals surface area contributed by atoms with Gasteiger partial charge in [0, 0.05) is 17.7 Å². The van der Waals surface area contributed by atoms with Gasteiger partial charge in [0.05, 0.1) is 16.2 Å². The smallest absolute Gasteiger partial charge is 0.269 e. The molecule has 0 radical (unpaired) electrons. The summed E-state index contributed by atoms with van der Waals surface area (Å²) in [5.41, 5.74) is 2.34. The fraction of sp³-hybridized carbons (Fsp3) is 0.0909. The first-order valence-corrected chi connectivity index (χ1v) is 10.3. The summed E-state index contributed by atoms with van der Waals surface area (Å²) in [6.45, 7) is 0.151. The van der Waals surface area contributed by atoms with E-state index in [-0.39, 0.29) is 17.4 Å². The third kappa shape index (κ3) is 4.96. The van der Waals surface area contributed by atoms with Crippen molar-refractivity contribution in [3.8, 4) is 5.75 Å². The fourth-order valence-corrected chi connectivity index (χ4v) is 3.45. The van der Waals surface area contributed by atoms with Crippen molar-refractivity contribution in [3.63, 3.8) is 0 Å². The lowest BCUT2D eigenvalue weighted by Gasteiger charge is -2.17. The first kappa shape index (κ1) is 21.5. The van der Waals surface area contributed by atoms with Gasteiger partial charge < -0.3 is 4.74 Å². The van der Waals surface area contributed by atoms with E-state index in [1.165, 1.54) is 12.1 Å². The predicted molar refractivity (Wildman–Crippen MR) is 125 cm³/mol. The average molecular weight is 466 g/mol. The predicted octanol–water partition coefficient (Wildman–Crippen LogP) is 5.91. The Morgan fingerprint density at radius 1 is 1.16 bits per heavy atom. The second-order valence-electron chi connectivity index (χ2n) is 6.78. The molecule has 0 aromatic heterocycles. The summed E-state index contributed by atoms with van der Waals surface area (Å²) >= 11 is 11.6. The summed E-state index contributed by atoms with van der Waals surface area (Å²) < 4.78 is 5.72. The van der Waals surface area contributed by atoms with Crippen molar-refractivity contribution in [1.29, 1.82) is 0 Å². The number of rotatable bonds is 7. The van der Waals surface area contributed by atoms with Gasteiger partial charge in [-0.1, -0.05) is 54.1 Å². The Labute approximate surface area is 194 Å². The van der Waals surface area contributed by atoms with E-state index in [0.717, 1.165) is 11.1 Å². The number of non-ortho nitro benzene ring substituents is 1. The van der Waals surface area contributed by atoms with Crippen LogP contribution in [0, 0.1) is 10.1 Å². The van der Waals surface area contributed by atoms with Gasteiger partial charge in [0.1, 0.15) is 12.4 Å². The molecule has 4 rings (SSSR count). The highest BCUT2D eigenvalue weighted by molar-refractivity contribution is 7.80. The zero-order chi connectivity index (χ0) is 22.5. The van der Waals surface area contributed by atoms with Gasteiger partial charge in [-0.15, -0.1) is 5.11 Å². The van der Waals surface area contributed by atoms with Gasteiger partial charge in [-0.3, -0.25) is 10.1 Å². The first-order valence-electron chi connectivity index (χ1n) is 9.50. The molecule has 0 N–H and O–H groups in total. The van der Waals surface area contributed by atoms with Gasteiger partial charge in [-0.2, -0.15) is 10.2 Å². The van der Waals surface area contributed by atoms with Gasteiger partial charge in [-0.05, 0) is 41.5 Å². The number of ether oxygens (including phenoxy) is 1. The number of thiocarbonyl (C=S) groups is 1. The number of halogens is 1. The van der Waals surface area contributed by atoms with Crippen molar-refractivity contribution >= 4 is 40.8 Å². The second-order valence-corrected chi connectivity index (χ2v) is 7.55. The molecule has 1 heterocycles. The zero-order valence-electron chi connectivity index (χ0n) is 16.5. The molecule has 0 amide bonds. The molecule has 3 aromatic carbocycles. The normalized spacial score (nSPS) is 15.5. The van der Waals surface area contributed by atoms with Gasteiger partial charge in [0.25, 0.3) is 5.69 Å².